The highest BCUT2D eigenvalue weighted by molar-refractivity contribution is 5.77. The summed E-state index contributed by atoms with van der Waals surface area (Å²) in [7, 11) is 1.52. The van der Waals surface area contributed by atoms with Crippen molar-refractivity contribution in [3.8, 4) is 0 Å². The standard InChI is InChI=1S/C7H10O4/c1-9-6-4-2-10-3-5(4)11-7(6)8/h4-6H,2-3H2,1H3. The van der Waals surface area contributed by atoms with E-state index in [0.29, 0.717) is 13.2 Å². The van der Waals surface area contributed by atoms with Gasteiger partial charge in [0.05, 0.1) is 19.1 Å². The fraction of sp³-hybridized carbons (Fsp3) is 0.857. The Balaban J connectivity index is 2.13. The van der Waals surface area contributed by atoms with Crippen molar-refractivity contribution >= 4 is 5.97 Å². The Morgan fingerprint density at radius 1 is 1.55 bits per heavy atom. The van der Waals surface area contributed by atoms with Crippen molar-refractivity contribution < 1.29 is 19.0 Å². The van der Waals surface area contributed by atoms with Crippen LogP contribution in [-0.2, 0) is 19.0 Å². The summed E-state index contributed by atoms with van der Waals surface area (Å²) in [6, 6.07) is 0. The van der Waals surface area contributed by atoms with E-state index in [-0.39, 0.29) is 18.0 Å². The highest BCUT2D eigenvalue weighted by Crippen LogP contribution is 2.29. The van der Waals surface area contributed by atoms with Crippen LogP contribution in [0.1, 0.15) is 0 Å². The van der Waals surface area contributed by atoms with Crippen molar-refractivity contribution in [1.82, 2.24) is 0 Å². The monoisotopic (exact) mass is 158 g/mol. The van der Waals surface area contributed by atoms with Crippen LogP contribution in [0.25, 0.3) is 0 Å². The van der Waals surface area contributed by atoms with Crippen molar-refractivity contribution in [3.63, 3.8) is 0 Å². The number of rotatable bonds is 1. The quantitative estimate of drug-likeness (QED) is 0.486. The first-order valence-corrected chi connectivity index (χ1v) is 3.64. The first-order valence-electron chi connectivity index (χ1n) is 3.64. The molecule has 11 heavy (non-hydrogen) atoms. The van der Waals surface area contributed by atoms with Gasteiger partial charge in [-0.1, -0.05) is 0 Å². The van der Waals surface area contributed by atoms with Crippen molar-refractivity contribution in [2.24, 2.45) is 5.92 Å². The molecule has 3 atom stereocenters. The Morgan fingerprint density at radius 2 is 2.36 bits per heavy atom. The third-order valence-electron chi connectivity index (χ3n) is 2.21. The van der Waals surface area contributed by atoms with Gasteiger partial charge in [0.25, 0.3) is 0 Å². The van der Waals surface area contributed by atoms with Gasteiger partial charge in [-0.15, -0.1) is 0 Å². The van der Waals surface area contributed by atoms with E-state index in [2.05, 4.69) is 0 Å². The Kier molecular flexibility index (Phi) is 1.58. The van der Waals surface area contributed by atoms with Gasteiger partial charge in [-0.05, 0) is 0 Å². The Labute approximate surface area is 64.4 Å². The summed E-state index contributed by atoms with van der Waals surface area (Å²) in [5.41, 5.74) is 0. The van der Waals surface area contributed by atoms with E-state index in [1.54, 1.807) is 0 Å². The number of esters is 1. The Bertz CT molecular complexity index is 179. The number of ether oxygens (including phenoxy) is 3. The van der Waals surface area contributed by atoms with Crippen molar-refractivity contribution in [3.05, 3.63) is 0 Å². The number of carbonyl (C=O) groups is 1. The van der Waals surface area contributed by atoms with Gasteiger partial charge in [0.1, 0.15) is 6.10 Å². The van der Waals surface area contributed by atoms with Gasteiger partial charge in [0.15, 0.2) is 6.10 Å². The van der Waals surface area contributed by atoms with Crippen molar-refractivity contribution in [1.29, 1.82) is 0 Å². The van der Waals surface area contributed by atoms with E-state index in [1.165, 1.54) is 7.11 Å². The molecule has 0 aromatic carbocycles. The largest absolute Gasteiger partial charge is 0.457 e. The fourth-order valence-corrected chi connectivity index (χ4v) is 1.62. The molecule has 0 radical (unpaired) electrons. The second kappa shape index (κ2) is 2.46. The molecule has 62 valence electrons. The molecule has 0 N–H and O–H groups in total. The molecule has 2 aliphatic heterocycles. The maximum Gasteiger partial charge on any atom is 0.336 e. The number of fused-ring (bicyclic) bond motifs is 1. The molecular formula is C7H10O4. The molecule has 0 saturated carbocycles. The number of hydrogen-bond acceptors (Lipinski definition) is 4. The first kappa shape index (κ1) is 7.06. The van der Waals surface area contributed by atoms with E-state index in [0.717, 1.165) is 0 Å². The summed E-state index contributed by atoms with van der Waals surface area (Å²) in [5.74, 6) is -0.127. The minimum Gasteiger partial charge on any atom is -0.457 e. The topological polar surface area (TPSA) is 44.8 Å². The molecule has 2 heterocycles. The SMILES string of the molecule is COC1C(=O)OC2COCC21. The molecular weight excluding hydrogens is 148 g/mol. The average Bonchev–Trinajstić information content (AvgIpc) is 2.46. The molecule has 4 nitrogen and oxygen atoms in total. The zero-order chi connectivity index (χ0) is 7.84. The van der Waals surface area contributed by atoms with Gasteiger partial charge >= 0.3 is 5.97 Å². The fourth-order valence-electron chi connectivity index (χ4n) is 1.62. The van der Waals surface area contributed by atoms with Crippen LogP contribution in [0.2, 0.25) is 0 Å². The average molecular weight is 158 g/mol. The van der Waals surface area contributed by atoms with Gasteiger partial charge in [0.2, 0.25) is 0 Å². The molecule has 3 unspecified atom stereocenters. The van der Waals surface area contributed by atoms with E-state index >= 15 is 0 Å². The van der Waals surface area contributed by atoms with E-state index in [4.69, 9.17) is 14.2 Å². The second-order valence-corrected chi connectivity index (χ2v) is 2.83. The van der Waals surface area contributed by atoms with E-state index < -0.39 is 6.10 Å². The molecule has 0 bridgehead atoms. The van der Waals surface area contributed by atoms with Gasteiger partial charge < -0.3 is 14.2 Å². The number of carbonyl (C=O) groups excluding carboxylic acids is 1. The molecule has 2 fully saturated rings. The van der Waals surface area contributed by atoms with Crippen LogP contribution in [0.5, 0.6) is 0 Å². The molecule has 0 amide bonds. The van der Waals surface area contributed by atoms with Crippen LogP contribution in [0.3, 0.4) is 0 Å². The summed E-state index contributed by atoms with van der Waals surface area (Å²) in [6.45, 7) is 1.10. The van der Waals surface area contributed by atoms with Gasteiger partial charge in [0, 0.05) is 7.11 Å². The van der Waals surface area contributed by atoms with Crippen molar-refractivity contribution in [2.45, 2.75) is 12.2 Å². The smallest absolute Gasteiger partial charge is 0.336 e. The minimum absolute atomic E-state index is 0.0625. The summed E-state index contributed by atoms with van der Waals surface area (Å²) in [6.07, 6.45) is -0.463. The molecule has 2 rings (SSSR count). The summed E-state index contributed by atoms with van der Waals surface area (Å²) in [5, 5.41) is 0. The first-order chi connectivity index (χ1) is 5.33. The lowest BCUT2D eigenvalue weighted by molar-refractivity contribution is -0.150. The lowest BCUT2D eigenvalue weighted by Gasteiger charge is -2.08. The third-order valence-corrected chi connectivity index (χ3v) is 2.21. The normalized spacial score (nSPS) is 42.3. The molecule has 0 spiro atoms. The molecule has 0 aromatic heterocycles. The van der Waals surface area contributed by atoms with Crippen LogP contribution in [0.4, 0.5) is 0 Å². The molecule has 0 aliphatic carbocycles. The lowest BCUT2D eigenvalue weighted by atomic mass is 10.0. The predicted octanol–water partition coefficient (Wildman–Crippen LogP) is -0.427. The van der Waals surface area contributed by atoms with Gasteiger partial charge in [-0.3, -0.25) is 0 Å². The number of hydrogen-bond donors (Lipinski definition) is 0. The summed E-state index contributed by atoms with van der Waals surface area (Å²) < 4.78 is 15.1. The lowest BCUT2D eigenvalue weighted by Crippen LogP contribution is -2.26. The highest BCUT2D eigenvalue weighted by Gasteiger charge is 2.48. The highest BCUT2D eigenvalue weighted by atomic mass is 16.6. The van der Waals surface area contributed by atoms with Gasteiger partial charge in [-0.2, -0.15) is 0 Å². The van der Waals surface area contributed by atoms with Crippen LogP contribution in [0.15, 0.2) is 0 Å². The van der Waals surface area contributed by atoms with Gasteiger partial charge in [-0.25, -0.2) is 4.79 Å². The summed E-state index contributed by atoms with van der Waals surface area (Å²) in [4.78, 5) is 11.0. The number of methoxy groups -OCH3 is 1. The van der Waals surface area contributed by atoms with Crippen LogP contribution in [-0.4, -0.2) is 38.5 Å². The molecule has 0 aromatic rings. The van der Waals surface area contributed by atoms with Crippen LogP contribution >= 0.6 is 0 Å². The molecule has 2 saturated heterocycles. The maximum absolute atomic E-state index is 11.0. The molecule has 2 aliphatic rings. The maximum atomic E-state index is 11.0. The van der Waals surface area contributed by atoms with Crippen molar-refractivity contribution in [2.75, 3.05) is 20.3 Å². The van der Waals surface area contributed by atoms with E-state index in [1.807, 2.05) is 0 Å². The Hall–Kier alpha value is -0.610. The Morgan fingerprint density at radius 3 is 3.09 bits per heavy atom. The predicted molar refractivity (Wildman–Crippen MR) is 35.0 cm³/mol. The molecule has 4 heteroatoms. The minimum atomic E-state index is -0.400. The zero-order valence-electron chi connectivity index (χ0n) is 6.28. The third kappa shape index (κ3) is 0.937. The second-order valence-electron chi connectivity index (χ2n) is 2.83. The summed E-state index contributed by atoms with van der Waals surface area (Å²) >= 11 is 0. The van der Waals surface area contributed by atoms with Crippen LogP contribution < -0.4 is 0 Å². The van der Waals surface area contributed by atoms with Crippen LogP contribution in [0, 0.1) is 5.92 Å². The van der Waals surface area contributed by atoms with E-state index in [9.17, 15) is 4.79 Å². The zero-order valence-corrected chi connectivity index (χ0v) is 6.28.